The van der Waals surface area contributed by atoms with Gasteiger partial charge in [-0.3, -0.25) is 4.90 Å². The smallest absolute Gasteiger partial charge is 0.0355 e. The van der Waals surface area contributed by atoms with Gasteiger partial charge in [0.1, 0.15) is 0 Å². The third kappa shape index (κ3) is 3.49. The predicted molar refractivity (Wildman–Crippen MR) is 113 cm³/mol. The number of fused-ring (bicyclic) bond motifs is 3. The average Bonchev–Trinajstić information content (AvgIpc) is 2.71. The summed E-state index contributed by atoms with van der Waals surface area (Å²) in [6.45, 7) is 6.81. The third-order valence-electron chi connectivity index (χ3n) is 5.83. The summed E-state index contributed by atoms with van der Waals surface area (Å²) in [5.74, 6) is 0. The standard InChI is InChI=1S/C24H30N2/c1-2-3-4-13-24(26-16-14-25-15-17-26)23-18-19-9-5-6-10-20(19)21-11-7-8-12-22(21)23/h5-12,18,24-25H,2-4,13-17H2,1H3/t24-/m0/s1. The number of hydrogen-bond donors (Lipinski definition) is 1. The quantitative estimate of drug-likeness (QED) is 0.467. The molecule has 26 heavy (non-hydrogen) atoms. The first-order chi connectivity index (χ1) is 12.9. The summed E-state index contributed by atoms with van der Waals surface area (Å²) < 4.78 is 0. The minimum Gasteiger partial charge on any atom is -0.314 e. The lowest BCUT2D eigenvalue weighted by Gasteiger charge is -2.36. The Morgan fingerprint density at radius 3 is 2.35 bits per heavy atom. The summed E-state index contributed by atoms with van der Waals surface area (Å²) in [7, 11) is 0. The highest BCUT2D eigenvalue weighted by Gasteiger charge is 2.24. The summed E-state index contributed by atoms with van der Waals surface area (Å²) in [5, 5.41) is 9.10. The molecular weight excluding hydrogens is 316 g/mol. The summed E-state index contributed by atoms with van der Waals surface area (Å²) in [5.41, 5.74) is 1.53. The van der Waals surface area contributed by atoms with Gasteiger partial charge in [0.2, 0.25) is 0 Å². The Kier molecular flexibility index (Phi) is 5.52. The maximum Gasteiger partial charge on any atom is 0.0355 e. The van der Waals surface area contributed by atoms with Gasteiger partial charge < -0.3 is 5.32 Å². The number of unbranched alkanes of at least 4 members (excludes halogenated alkanes) is 2. The monoisotopic (exact) mass is 346 g/mol. The Balaban J connectivity index is 1.83. The largest absolute Gasteiger partial charge is 0.314 e. The number of piperazine rings is 1. The van der Waals surface area contributed by atoms with Crippen LogP contribution in [-0.2, 0) is 0 Å². The van der Waals surface area contributed by atoms with E-state index in [9.17, 15) is 0 Å². The van der Waals surface area contributed by atoms with E-state index in [1.165, 1.54) is 52.8 Å². The third-order valence-corrected chi connectivity index (χ3v) is 5.83. The summed E-state index contributed by atoms with van der Waals surface area (Å²) >= 11 is 0. The molecule has 0 radical (unpaired) electrons. The van der Waals surface area contributed by atoms with E-state index in [-0.39, 0.29) is 0 Å². The van der Waals surface area contributed by atoms with Gasteiger partial charge >= 0.3 is 0 Å². The topological polar surface area (TPSA) is 15.3 Å². The summed E-state index contributed by atoms with van der Waals surface area (Å²) in [4.78, 5) is 2.71. The van der Waals surface area contributed by atoms with Gasteiger partial charge in [0.25, 0.3) is 0 Å². The summed E-state index contributed by atoms with van der Waals surface area (Å²) in [6.07, 6.45) is 5.18. The molecule has 0 unspecified atom stereocenters. The molecule has 136 valence electrons. The molecule has 3 aromatic carbocycles. The number of nitrogens with one attached hydrogen (secondary N) is 1. The van der Waals surface area contributed by atoms with E-state index in [2.05, 4.69) is 71.7 Å². The molecule has 4 rings (SSSR count). The lowest BCUT2D eigenvalue weighted by molar-refractivity contribution is 0.164. The molecule has 0 aromatic heterocycles. The van der Waals surface area contributed by atoms with Gasteiger partial charge in [-0.15, -0.1) is 0 Å². The molecule has 1 N–H and O–H groups in total. The average molecular weight is 347 g/mol. The van der Waals surface area contributed by atoms with Gasteiger partial charge in [0.05, 0.1) is 0 Å². The zero-order chi connectivity index (χ0) is 17.8. The van der Waals surface area contributed by atoms with Crippen molar-refractivity contribution in [2.24, 2.45) is 0 Å². The van der Waals surface area contributed by atoms with Crippen molar-refractivity contribution in [3.8, 4) is 0 Å². The van der Waals surface area contributed by atoms with Crippen LogP contribution in [0.25, 0.3) is 21.5 Å². The highest BCUT2D eigenvalue weighted by atomic mass is 15.2. The molecule has 2 heteroatoms. The van der Waals surface area contributed by atoms with Crippen molar-refractivity contribution in [1.82, 2.24) is 10.2 Å². The number of benzene rings is 3. The Bertz CT molecular complexity index is 864. The van der Waals surface area contributed by atoms with Crippen LogP contribution in [0.2, 0.25) is 0 Å². The first kappa shape index (κ1) is 17.5. The van der Waals surface area contributed by atoms with E-state index >= 15 is 0 Å². The zero-order valence-electron chi connectivity index (χ0n) is 15.9. The van der Waals surface area contributed by atoms with Crippen molar-refractivity contribution in [2.75, 3.05) is 26.2 Å². The van der Waals surface area contributed by atoms with E-state index in [4.69, 9.17) is 0 Å². The molecule has 1 aliphatic rings. The van der Waals surface area contributed by atoms with Gasteiger partial charge in [0.15, 0.2) is 0 Å². The number of hydrogen-bond acceptors (Lipinski definition) is 2. The van der Waals surface area contributed by atoms with Crippen LogP contribution < -0.4 is 5.32 Å². The van der Waals surface area contributed by atoms with Crippen LogP contribution in [0.3, 0.4) is 0 Å². The van der Waals surface area contributed by atoms with Gasteiger partial charge in [-0.2, -0.15) is 0 Å². The summed E-state index contributed by atoms with van der Waals surface area (Å²) in [6, 6.07) is 20.8. The molecule has 1 heterocycles. The predicted octanol–water partition coefficient (Wildman–Crippen LogP) is 5.52. The molecule has 1 saturated heterocycles. The molecule has 1 aliphatic heterocycles. The van der Waals surface area contributed by atoms with Crippen molar-refractivity contribution in [2.45, 2.75) is 38.6 Å². The van der Waals surface area contributed by atoms with Crippen molar-refractivity contribution in [1.29, 1.82) is 0 Å². The van der Waals surface area contributed by atoms with Crippen LogP contribution >= 0.6 is 0 Å². The normalized spacial score (nSPS) is 17.0. The first-order valence-electron chi connectivity index (χ1n) is 10.2. The SMILES string of the molecule is CCCCC[C@@H](c1cc2ccccc2c2ccccc12)N1CCNCC1. The molecule has 0 saturated carbocycles. The number of nitrogens with zero attached hydrogens (tertiary/aromatic N) is 1. The van der Waals surface area contributed by atoms with Crippen LogP contribution in [0.4, 0.5) is 0 Å². The molecule has 0 bridgehead atoms. The molecule has 1 atom stereocenters. The zero-order valence-corrected chi connectivity index (χ0v) is 15.9. The minimum atomic E-state index is 0.526. The lowest BCUT2D eigenvalue weighted by Crippen LogP contribution is -2.45. The second kappa shape index (κ2) is 8.20. The lowest BCUT2D eigenvalue weighted by atomic mass is 9.90. The van der Waals surface area contributed by atoms with Crippen LogP contribution in [0, 0.1) is 0 Å². The van der Waals surface area contributed by atoms with Crippen molar-refractivity contribution in [3.63, 3.8) is 0 Å². The maximum absolute atomic E-state index is 3.51. The van der Waals surface area contributed by atoms with Gasteiger partial charge in [-0.1, -0.05) is 74.7 Å². The van der Waals surface area contributed by atoms with Gasteiger partial charge in [-0.05, 0) is 39.6 Å². The van der Waals surface area contributed by atoms with E-state index < -0.39 is 0 Å². The van der Waals surface area contributed by atoms with Gasteiger partial charge in [0, 0.05) is 32.2 Å². The van der Waals surface area contributed by atoms with E-state index in [1.54, 1.807) is 0 Å². The van der Waals surface area contributed by atoms with Crippen molar-refractivity contribution < 1.29 is 0 Å². The van der Waals surface area contributed by atoms with Gasteiger partial charge in [-0.25, -0.2) is 0 Å². The van der Waals surface area contributed by atoms with Crippen molar-refractivity contribution in [3.05, 3.63) is 60.2 Å². The molecular formula is C24H30N2. The van der Waals surface area contributed by atoms with Crippen molar-refractivity contribution >= 4 is 21.5 Å². The number of rotatable bonds is 6. The van der Waals surface area contributed by atoms with E-state index in [0.717, 1.165) is 26.2 Å². The first-order valence-corrected chi connectivity index (χ1v) is 10.2. The van der Waals surface area contributed by atoms with Crippen LogP contribution in [0.1, 0.15) is 44.2 Å². The Morgan fingerprint density at radius 1 is 0.885 bits per heavy atom. The fourth-order valence-corrected chi connectivity index (χ4v) is 4.48. The molecule has 1 fully saturated rings. The van der Waals surface area contributed by atoms with Crippen LogP contribution in [-0.4, -0.2) is 31.1 Å². The molecule has 0 spiro atoms. The van der Waals surface area contributed by atoms with E-state index in [0.29, 0.717) is 6.04 Å². The van der Waals surface area contributed by atoms with E-state index in [1.807, 2.05) is 0 Å². The minimum absolute atomic E-state index is 0.526. The molecule has 0 aliphatic carbocycles. The van der Waals surface area contributed by atoms with Crippen LogP contribution in [0.15, 0.2) is 54.6 Å². The molecule has 0 amide bonds. The second-order valence-corrected chi connectivity index (χ2v) is 7.53. The Labute approximate surface area is 157 Å². The second-order valence-electron chi connectivity index (χ2n) is 7.53. The highest BCUT2D eigenvalue weighted by Crippen LogP contribution is 2.36. The Hall–Kier alpha value is -1.90. The Morgan fingerprint density at radius 2 is 1.58 bits per heavy atom. The highest BCUT2D eigenvalue weighted by molar-refractivity contribution is 6.09. The fourth-order valence-electron chi connectivity index (χ4n) is 4.48. The maximum atomic E-state index is 3.51. The molecule has 2 nitrogen and oxygen atoms in total. The fraction of sp³-hybridized carbons (Fsp3) is 0.417. The van der Waals surface area contributed by atoms with Crippen LogP contribution in [0.5, 0.6) is 0 Å². The molecule has 3 aromatic rings.